The highest BCUT2D eigenvalue weighted by atomic mass is 16.5. The van der Waals surface area contributed by atoms with Gasteiger partial charge in [0.2, 0.25) is 0 Å². The molecule has 0 saturated carbocycles. The number of ether oxygens (including phenoxy) is 1. The zero-order valence-electron chi connectivity index (χ0n) is 13.3. The summed E-state index contributed by atoms with van der Waals surface area (Å²) in [6, 6.07) is 1.68. The standard InChI is InChI=1S/C15H23N5O2/c1-9-13(15(16-2)22-3)14-18-12(21)8-11(20(14)19-9)10-4-6-17-7-5-10/h8,10,15-17H,4-7H2,1-3H3,(H,18,21). The first-order valence-electron chi connectivity index (χ1n) is 7.69. The van der Waals surface area contributed by atoms with E-state index in [0.29, 0.717) is 5.92 Å². The van der Waals surface area contributed by atoms with Gasteiger partial charge in [-0.05, 0) is 39.9 Å². The fourth-order valence-electron chi connectivity index (χ4n) is 3.30. The monoisotopic (exact) mass is 305 g/mol. The number of methoxy groups -OCH3 is 1. The molecule has 3 heterocycles. The van der Waals surface area contributed by atoms with E-state index in [1.807, 2.05) is 18.5 Å². The van der Waals surface area contributed by atoms with Gasteiger partial charge in [0.15, 0.2) is 0 Å². The molecule has 0 aliphatic carbocycles. The minimum atomic E-state index is -0.295. The molecule has 120 valence electrons. The van der Waals surface area contributed by atoms with Crippen LogP contribution in [0.3, 0.4) is 0 Å². The summed E-state index contributed by atoms with van der Waals surface area (Å²) >= 11 is 0. The van der Waals surface area contributed by atoms with Gasteiger partial charge in [0.25, 0.3) is 5.56 Å². The molecule has 22 heavy (non-hydrogen) atoms. The molecule has 2 aromatic rings. The number of hydrogen-bond donors (Lipinski definition) is 3. The Balaban J connectivity index is 2.18. The summed E-state index contributed by atoms with van der Waals surface area (Å²) in [6.45, 7) is 3.89. The van der Waals surface area contributed by atoms with Crippen molar-refractivity contribution in [2.24, 2.45) is 0 Å². The third kappa shape index (κ3) is 2.55. The molecule has 3 rings (SSSR count). The Hall–Kier alpha value is -1.70. The maximum atomic E-state index is 12.1. The van der Waals surface area contributed by atoms with Gasteiger partial charge in [0.05, 0.1) is 17.0 Å². The molecule has 0 radical (unpaired) electrons. The van der Waals surface area contributed by atoms with Crippen LogP contribution in [0.2, 0.25) is 0 Å². The Bertz CT molecular complexity index is 711. The number of nitrogens with zero attached hydrogens (tertiary/aromatic N) is 2. The van der Waals surface area contributed by atoms with Crippen LogP contribution in [0.5, 0.6) is 0 Å². The summed E-state index contributed by atoms with van der Waals surface area (Å²) in [6.07, 6.45) is 1.75. The second-order valence-electron chi connectivity index (χ2n) is 5.75. The molecule has 0 spiro atoms. The molecule has 1 fully saturated rings. The lowest BCUT2D eigenvalue weighted by Gasteiger charge is -2.23. The van der Waals surface area contributed by atoms with E-state index in [-0.39, 0.29) is 11.8 Å². The molecule has 1 unspecified atom stereocenters. The van der Waals surface area contributed by atoms with Crippen molar-refractivity contribution in [2.75, 3.05) is 27.2 Å². The number of nitrogens with one attached hydrogen (secondary N) is 3. The molecule has 1 saturated heterocycles. The highest BCUT2D eigenvalue weighted by Gasteiger charge is 2.24. The summed E-state index contributed by atoms with van der Waals surface area (Å²) in [5, 5.41) is 11.1. The Morgan fingerprint density at radius 1 is 1.45 bits per heavy atom. The number of H-pyrrole nitrogens is 1. The third-order valence-electron chi connectivity index (χ3n) is 4.39. The summed E-state index contributed by atoms with van der Waals surface area (Å²) in [5.74, 6) is 0.355. The van der Waals surface area contributed by atoms with E-state index in [1.54, 1.807) is 13.2 Å². The van der Waals surface area contributed by atoms with Gasteiger partial charge in [0.1, 0.15) is 11.9 Å². The van der Waals surface area contributed by atoms with Gasteiger partial charge in [-0.25, -0.2) is 4.52 Å². The Morgan fingerprint density at radius 3 is 2.82 bits per heavy atom. The van der Waals surface area contributed by atoms with Gasteiger partial charge in [-0.3, -0.25) is 10.1 Å². The van der Waals surface area contributed by atoms with Crippen LogP contribution in [0, 0.1) is 6.92 Å². The van der Waals surface area contributed by atoms with Crippen LogP contribution in [0.25, 0.3) is 5.65 Å². The first-order chi connectivity index (χ1) is 10.7. The smallest absolute Gasteiger partial charge is 0.251 e. The van der Waals surface area contributed by atoms with E-state index < -0.39 is 0 Å². The fourth-order valence-corrected chi connectivity index (χ4v) is 3.30. The average Bonchev–Trinajstić information content (AvgIpc) is 2.85. The summed E-state index contributed by atoms with van der Waals surface area (Å²) in [4.78, 5) is 15.1. The second-order valence-corrected chi connectivity index (χ2v) is 5.75. The molecular formula is C15H23N5O2. The maximum Gasteiger partial charge on any atom is 0.251 e. The minimum absolute atomic E-state index is 0.0897. The van der Waals surface area contributed by atoms with E-state index in [4.69, 9.17) is 4.74 Å². The van der Waals surface area contributed by atoms with Crippen LogP contribution in [-0.4, -0.2) is 41.8 Å². The quantitative estimate of drug-likeness (QED) is 0.723. The van der Waals surface area contributed by atoms with Gasteiger partial charge in [-0.15, -0.1) is 0 Å². The van der Waals surface area contributed by atoms with Crippen LogP contribution < -0.4 is 16.2 Å². The molecule has 2 aromatic heterocycles. The van der Waals surface area contributed by atoms with Crippen LogP contribution in [-0.2, 0) is 4.74 Å². The fraction of sp³-hybridized carbons (Fsp3) is 0.600. The van der Waals surface area contributed by atoms with Crippen molar-refractivity contribution in [1.29, 1.82) is 0 Å². The zero-order chi connectivity index (χ0) is 15.7. The molecule has 0 amide bonds. The normalized spacial score (nSPS) is 18.0. The van der Waals surface area contributed by atoms with Crippen molar-refractivity contribution in [3.8, 4) is 0 Å². The summed E-state index contributed by atoms with van der Waals surface area (Å²) in [7, 11) is 3.46. The molecule has 7 heteroatoms. The van der Waals surface area contributed by atoms with Gasteiger partial charge in [0, 0.05) is 19.1 Å². The van der Waals surface area contributed by atoms with Crippen LogP contribution in [0.15, 0.2) is 10.9 Å². The van der Waals surface area contributed by atoms with E-state index in [2.05, 4.69) is 20.7 Å². The lowest BCUT2D eigenvalue weighted by Crippen LogP contribution is -2.28. The number of fused-ring (bicyclic) bond motifs is 1. The predicted molar refractivity (Wildman–Crippen MR) is 84.2 cm³/mol. The van der Waals surface area contributed by atoms with E-state index in [9.17, 15) is 4.79 Å². The molecule has 3 N–H and O–H groups in total. The molecule has 1 atom stereocenters. The number of aromatic nitrogens is 3. The number of aromatic amines is 1. The largest absolute Gasteiger partial charge is 0.362 e. The Kier molecular flexibility index (Phi) is 4.28. The molecule has 1 aliphatic rings. The van der Waals surface area contributed by atoms with Crippen molar-refractivity contribution in [3.05, 3.63) is 33.4 Å². The second kappa shape index (κ2) is 6.20. The molecule has 1 aliphatic heterocycles. The SMILES string of the molecule is CNC(OC)c1c(C)nn2c(C3CCNCC3)cc(=O)[nH]c12. The van der Waals surface area contributed by atoms with E-state index in [0.717, 1.165) is 48.5 Å². The van der Waals surface area contributed by atoms with Crippen molar-refractivity contribution in [1.82, 2.24) is 25.2 Å². The third-order valence-corrected chi connectivity index (χ3v) is 4.39. The van der Waals surface area contributed by atoms with Gasteiger partial charge in [-0.2, -0.15) is 5.10 Å². The molecule has 0 aromatic carbocycles. The lowest BCUT2D eigenvalue weighted by atomic mass is 9.94. The van der Waals surface area contributed by atoms with Gasteiger partial charge in [-0.1, -0.05) is 0 Å². The Labute approximate surface area is 129 Å². The van der Waals surface area contributed by atoms with Crippen LogP contribution in [0.4, 0.5) is 0 Å². The van der Waals surface area contributed by atoms with Gasteiger partial charge < -0.3 is 15.0 Å². The van der Waals surface area contributed by atoms with Crippen LogP contribution in [0.1, 0.15) is 41.9 Å². The number of aryl methyl sites for hydroxylation is 1. The van der Waals surface area contributed by atoms with Crippen molar-refractivity contribution >= 4 is 5.65 Å². The van der Waals surface area contributed by atoms with E-state index >= 15 is 0 Å². The molecule has 7 nitrogen and oxygen atoms in total. The highest BCUT2D eigenvalue weighted by molar-refractivity contribution is 5.52. The number of piperidine rings is 1. The molecule has 0 bridgehead atoms. The van der Waals surface area contributed by atoms with Gasteiger partial charge >= 0.3 is 0 Å². The lowest BCUT2D eigenvalue weighted by molar-refractivity contribution is 0.0813. The Morgan fingerprint density at radius 2 is 2.18 bits per heavy atom. The first-order valence-corrected chi connectivity index (χ1v) is 7.69. The first kappa shape index (κ1) is 15.2. The summed E-state index contributed by atoms with van der Waals surface area (Å²) in [5.41, 5.74) is 3.37. The van der Waals surface area contributed by atoms with Crippen molar-refractivity contribution in [3.63, 3.8) is 0 Å². The van der Waals surface area contributed by atoms with Crippen LogP contribution >= 0.6 is 0 Å². The zero-order valence-corrected chi connectivity index (χ0v) is 13.3. The predicted octanol–water partition coefficient (Wildman–Crippen LogP) is 0.662. The minimum Gasteiger partial charge on any atom is -0.362 e. The topological polar surface area (TPSA) is 83.4 Å². The number of hydrogen-bond acceptors (Lipinski definition) is 5. The summed E-state index contributed by atoms with van der Waals surface area (Å²) < 4.78 is 7.34. The number of rotatable bonds is 4. The van der Waals surface area contributed by atoms with Crippen molar-refractivity contribution in [2.45, 2.75) is 31.9 Å². The van der Waals surface area contributed by atoms with Crippen molar-refractivity contribution < 1.29 is 4.74 Å². The average molecular weight is 305 g/mol. The van der Waals surface area contributed by atoms with E-state index in [1.165, 1.54) is 0 Å². The molecular weight excluding hydrogens is 282 g/mol. The maximum absolute atomic E-state index is 12.1. The highest BCUT2D eigenvalue weighted by Crippen LogP contribution is 2.28.